The number of thiazole rings is 1. The van der Waals surface area contributed by atoms with Crippen molar-refractivity contribution in [2.75, 3.05) is 34.8 Å². The van der Waals surface area contributed by atoms with Crippen LogP contribution < -0.4 is 10.2 Å². The van der Waals surface area contributed by atoms with Crippen LogP contribution in [-0.4, -0.2) is 49.6 Å². The predicted octanol–water partition coefficient (Wildman–Crippen LogP) is 2.48. The van der Waals surface area contributed by atoms with Gasteiger partial charge in [0.1, 0.15) is 0 Å². The van der Waals surface area contributed by atoms with Gasteiger partial charge in [0.2, 0.25) is 11.9 Å². The van der Waals surface area contributed by atoms with Gasteiger partial charge in [-0.1, -0.05) is 0 Å². The van der Waals surface area contributed by atoms with E-state index in [1.807, 2.05) is 35.5 Å². The minimum atomic E-state index is -0.269. The Morgan fingerprint density at radius 2 is 2.00 bits per heavy atom. The van der Waals surface area contributed by atoms with Crippen LogP contribution in [0, 0.1) is 0 Å². The van der Waals surface area contributed by atoms with Crippen molar-refractivity contribution in [1.29, 1.82) is 0 Å². The van der Waals surface area contributed by atoms with Crippen LogP contribution in [0.15, 0.2) is 23.7 Å². The van der Waals surface area contributed by atoms with Crippen LogP contribution in [0.25, 0.3) is 10.2 Å². The summed E-state index contributed by atoms with van der Waals surface area (Å²) < 4.78 is 1.08. The van der Waals surface area contributed by atoms with Crippen molar-refractivity contribution in [2.24, 2.45) is 0 Å². The largest absolute Gasteiger partial charge is 0.479 e. The fourth-order valence-corrected chi connectivity index (χ4v) is 4.00. The molecule has 0 amide bonds. The molecule has 9 heteroatoms. The van der Waals surface area contributed by atoms with Crippen LogP contribution in [0.3, 0.4) is 0 Å². The van der Waals surface area contributed by atoms with Crippen molar-refractivity contribution >= 4 is 50.9 Å². The number of hydrogen-bond donors (Lipinski definition) is 2. The van der Waals surface area contributed by atoms with E-state index in [4.69, 9.17) is 0 Å². The molecule has 2 aromatic heterocycles. The van der Waals surface area contributed by atoms with Crippen LogP contribution >= 0.6 is 23.1 Å². The Hall–Kier alpha value is -2.13. The van der Waals surface area contributed by atoms with E-state index in [0.29, 0.717) is 11.9 Å². The average molecular weight is 346 g/mol. The molecule has 1 aromatic carbocycles. The quantitative estimate of drug-likeness (QED) is 0.748. The second-order valence-electron chi connectivity index (χ2n) is 5.02. The molecule has 0 aliphatic carbocycles. The molecule has 0 radical (unpaired) electrons. The van der Waals surface area contributed by atoms with Crippen LogP contribution in [0.5, 0.6) is 6.01 Å². The first-order chi connectivity index (χ1) is 11.3. The highest BCUT2D eigenvalue weighted by molar-refractivity contribution is 7.99. The van der Waals surface area contributed by atoms with Gasteiger partial charge in [-0.25, -0.2) is 4.98 Å². The molecule has 1 aliphatic rings. The highest BCUT2D eigenvalue weighted by Gasteiger charge is 2.16. The van der Waals surface area contributed by atoms with Crippen molar-refractivity contribution in [2.45, 2.75) is 0 Å². The van der Waals surface area contributed by atoms with E-state index in [1.165, 1.54) is 0 Å². The number of hydrogen-bond acceptors (Lipinski definition) is 9. The number of aromatic nitrogens is 4. The number of nitrogens with zero attached hydrogens (tertiary/aromatic N) is 5. The topological polar surface area (TPSA) is 87.1 Å². The molecule has 0 unspecified atom stereocenters. The maximum atomic E-state index is 9.80. The molecule has 1 fully saturated rings. The summed E-state index contributed by atoms with van der Waals surface area (Å²) >= 11 is 3.49. The third-order valence-corrected chi connectivity index (χ3v) is 5.23. The fourth-order valence-electron chi connectivity index (χ4n) is 2.38. The van der Waals surface area contributed by atoms with E-state index < -0.39 is 0 Å². The van der Waals surface area contributed by atoms with E-state index in [1.54, 1.807) is 11.3 Å². The Bertz CT molecular complexity index is 833. The van der Waals surface area contributed by atoms with Crippen molar-refractivity contribution in [3.63, 3.8) is 0 Å². The van der Waals surface area contributed by atoms with Crippen molar-refractivity contribution < 1.29 is 5.11 Å². The molecule has 1 saturated heterocycles. The lowest BCUT2D eigenvalue weighted by molar-refractivity contribution is 0.429. The van der Waals surface area contributed by atoms with Crippen molar-refractivity contribution in [3.05, 3.63) is 23.7 Å². The van der Waals surface area contributed by atoms with Gasteiger partial charge >= 0.3 is 6.01 Å². The molecule has 7 nitrogen and oxygen atoms in total. The summed E-state index contributed by atoms with van der Waals surface area (Å²) in [6.45, 7) is 1.75. The van der Waals surface area contributed by atoms with E-state index in [-0.39, 0.29) is 6.01 Å². The summed E-state index contributed by atoms with van der Waals surface area (Å²) in [6, 6.07) is 5.58. The lowest BCUT2D eigenvalue weighted by Gasteiger charge is -2.26. The summed E-state index contributed by atoms with van der Waals surface area (Å²) in [7, 11) is 0. The molecular weight excluding hydrogens is 332 g/mol. The zero-order valence-corrected chi connectivity index (χ0v) is 13.8. The summed E-state index contributed by atoms with van der Waals surface area (Å²) in [4.78, 5) is 18.8. The SMILES string of the molecule is Oc1nc(Nc2ccc3ncsc3c2)nc(N2CCSCC2)n1. The molecular formula is C14H14N6OS2. The van der Waals surface area contributed by atoms with Crippen LogP contribution in [0.2, 0.25) is 0 Å². The Balaban J connectivity index is 1.61. The van der Waals surface area contributed by atoms with Gasteiger partial charge in [-0.15, -0.1) is 11.3 Å². The monoisotopic (exact) mass is 346 g/mol. The van der Waals surface area contributed by atoms with Gasteiger partial charge < -0.3 is 15.3 Å². The predicted molar refractivity (Wildman–Crippen MR) is 93.9 cm³/mol. The number of aromatic hydroxyl groups is 1. The van der Waals surface area contributed by atoms with Crippen molar-refractivity contribution in [3.8, 4) is 6.01 Å². The number of nitrogens with one attached hydrogen (secondary N) is 1. The zero-order valence-electron chi connectivity index (χ0n) is 12.1. The van der Waals surface area contributed by atoms with E-state index in [9.17, 15) is 5.11 Å². The number of benzene rings is 1. The fraction of sp³-hybridized carbons (Fsp3) is 0.286. The first-order valence-electron chi connectivity index (χ1n) is 7.16. The van der Waals surface area contributed by atoms with E-state index >= 15 is 0 Å². The maximum Gasteiger partial charge on any atom is 0.320 e. The minimum Gasteiger partial charge on any atom is -0.479 e. The van der Waals surface area contributed by atoms with Crippen LogP contribution in [0.4, 0.5) is 17.6 Å². The first kappa shape index (κ1) is 14.5. The van der Waals surface area contributed by atoms with Gasteiger partial charge in [0, 0.05) is 30.3 Å². The molecule has 0 spiro atoms. The van der Waals surface area contributed by atoms with Gasteiger partial charge in [-0.05, 0) is 18.2 Å². The molecule has 1 aliphatic heterocycles. The summed E-state index contributed by atoms with van der Waals surface area (Å²) in [5, 5.41) is 12.9. The third-order valence-electron chi connectivity index (χ3n) is 3.49. The maximum absolute atomic E-state index is 9.80. The Morgan fingerprint density at radius 3 is 2.87 bits per heavy atom. The second-order valence-corrected chi connectivity index (χ2v) is 7.13. The minimum absolute atomic E-state index is 0.269. The lowest BCUT2D eigenvalue weighted by Crippen LogP contribution is -2.34. The molecule has 118 valence electrons. The van der Waals surface area contributed by atoms with Crippen LogP contribution in [-0.2, 0) is 0 Å². The molecule has 0 atom stereocenters. The van der Waals surface area contributed by atoms with Gasteiger partial charge in [0.15, 0.2) is 0 Å². The van der Waals surface area contributed by atoms with Gasteiger partial charge in [0.05, 0.1) is 15.7 Å². The zero-order chi connectivity index (χ0) is 15.6. The van der Waals surface area contributed by atoms with Gasteiger partial charge in [0.25, 0.3) is 0 Å². The van der Waals surface area contributed by atoms with Gasteiger partial charge in [-0.3, -0.25) is 0 Å². The number of rotatable bonds is 3. The second kappa shape index (κ2) is 6.17. The Morgan fingerprint density at radius 1 is 1.13 bits per heavy atom. The number of thioether (sulfide) groups is 1. The average Bonchev–Trinajstić information content (AvgIpc) is 3.03. The molecule has 2 N–H and O–H groups in total. The molecule has 3 aromatic rings. The summed E-state index contributed by atoms with van der Waals surface area (Å²) in [5.41, 5.74) is 3.63. The number of fused-ring (bicyclic) bond motifs is 1. The first-order valence-corrected chi connectivity index (χ1v) is 9.19. The number of anilines is 3. The molecule has 23 heavy (non-hydrogen) atoms. The highest BCUT2D eigenvalue weighted by Crippen LogP contribution is 2.25. The molecule has 4 rings (SSSR count). The van der Waals surface area contributed by atoms with E-state index in [2.05, 4.69) is 30.2 Å². The van der Waals surface area contributed by atoms with Crippen molar-refractivity contribution in [1.82, 2.24) is 19.9 Å². The lowest BCUT2D eigenvalue weighted by atomic mass is 10.3. The van der Waals surface area contributed by atoms with Gasteiger partial charge in [-0.2, -0.15) is 26.7 Å². The Kier molecular flexibility index (Phi) is 3.88. The highest BCUT2D eigenvalue weighted by atomic mass is 32.2. The standard InChI is InChI=1S/C14H14N6OS2/c21-14-18-12(17-13(19-14)20-3-5-22-6-4-20)16-9-1-2-10-11(7-9)23-8-15-10/h1-2,7-8H,3-6H2,(H2,16,17,18,19,21). The molecule has 0 bridgehead atoms. The molecule has 0 saturated carbocycles. The van der Waals surface area contributed by atoms with Crippen LogP contribution in [0.1, 0.15) is 0 Å². The normalized spacial score (nSPS) is 15.0. The van der Waals surface area contributed by atoms with E-state index in [0.717, 1.165) is 40.5 Å². The summed E-state index contributed by atoms with van der Waals surface area (Å²) in [5.74, 6) is 2.93. The smallest absolute Gasteiger partial charge is 0.320 e. The third kappa shape index (κ3) is 3.15. The molecule has 3 heterocycles. The summed E-state index contributed by atoms with van der Waals surface area (Å²) in [6.07, 6.45) is 0. The Labute approximate surface area is 140 Å².